The van der Waals surface area contributed by atoms with E-state index in [9.17, 15) is 5.11 Å². The molecule has 1 N–H and O–H groups in total. The maximum Gasteiger partial charge on any atom is 0.116 e. The van der Waals surface area contributed by atoms with Gasteiger partial charge in [-0.1, -0.05) is 36.4 Å². The van der Waals surface area contributed by atoms with Crippen molar-refractivity contribution in [3.63, 3.8) is 0 Å². The van der Waals surface area contributed by atoms with Crippen LogP contribution in [0.15, 0.2) is 37.0 Å². The first kappa shape index (κ1) is 12.4. The van der Waals surface area contributed by atoms with Gasteiger partial charge in [-0.05, 0) is 31.9 Å². The number of hydrogen-bond acceptors (Lipinski definition) is 2. The van der Waals surface area contributed by atoms with E-state index in [0.29, 0.717) is 0 Å². The molecule has 2 nitrogen and oxygen atoms in total. The zero-order valence-corrected chi connectivity index (χ0v) is 11.0. The summed E-state index contributed by atoms with van der Waals surface area (Å²) in [4.78, 5) is 4.47. The lowest BCUT2D eigenvalue weighted by Gasteiger charge is -2.12. The molecule has 0 fully saturated rings. The molecule has 0 aliphatic carbocycles. The summed E-state index contributed by atoms with van der Waals surface area (Å²) in [6.07, 6.45) is 1.78. The Balaban J connectivity index is 2.62. The normalized spacial score (nSPS) is 10.4. The van der Waals surface area contributed by atoms with Crippen LogP contribution < -0.4 is 0 Å². The monoisotopic (exact) mass is 239 g/mol. The molecule has 1 aromatic heterocycles. The molecular weight excluding hydrogens is 222 g/mol. The summed E-state index contributed by atoms with van der Waals surface area (Å²) in [7, 11) is 0. The number of hydrogen-bond donors (Lipinski definition) is 1. The van der Waals surface area contributed by atoms with Crippen molar-refractivity contribution in [2.45, 2.75) is 20.8 Å². The van der Waals surface area contributed by atoms with Crippen molar-refractivity contribution in [1.82, 2.24) is 4.98 Å². The van der Waals surface area contributed by atoms with E-state index in [4.69, 9.17) is 0 Å². The lowest BCUT2D eigenvalue weighted by Crippen LogP contribution is -1.98. The van der Waals surface area contributed by atoms with Crippen LogP contribution in [0.2, 0.25) is 0 Å². The van der Waals surface area contributed by atoms with Gasteiger partial charge in [0.05, 0.1) is 5.69 Å². The zero-order valence-electron chi connectivity index (χ0n) is 11.0. The second-order valence-electron chi connectivity index (χ2n) is 4.60. The highest BCUT2D eigenvalue weighted by Gasteiger charge is 2.12. The molecule has 0 saturated carbocycles. The lowest BCUT2D eigenvalue weighted by atomic mass is 9.98. The molecule has 0 atom stereocenters. The number of rotatable bonds is 2. The van der Waals surface area contributed by atoms with Crippen LogP contribution >= 0.6 is 0 Å². The van der Waals surface area contributed by atoms with Crippen LogP contribution in [0.1, 0.15) is 22.3 Å². The van der Waals surface area contributed by atoms with E-state index >= 15 is 0 Å². The van der Waals surface area contributed by atoms with Crippen molar-refractivity contribution in [3.8, 4) is 11.3 Å². The van der Waals surface area contributed by atoms with Crippen LogP contribution in [0.25, 0.3) is 17.0 Å². The third kappa shape index (κ3) is 2.14. The van der Waals surface area contributed by atoms with Crippen molar-refractivity contribution in [1.29, 1.82) is 0 Å². The Labute approximate surface area is 108 Å². The number of nitrogens with zero attached hydrogens (tertiary/aromatic N) is 1. The number of pyridine rings is 1. The fourth-order valence-corrected chi connectivity index (χ4v) is 2.18. The molecular formula is C16H17NO. The van der Waals surface area contributed by atoms with Crippen molar-refractivity contribution in [2.75, 3.05) is 0 Å². The van der Waals surface area contributed by atoms with Gasteiger partial charge in [0.15, 0.2) is 0 Å². The van der Waals surface area contributed by atoms with E-state index in [-0.39, 0.29) is 5.76 Å². The fraction of sp³-hybridized carbons (Fsp3) is 0.188. The summed E-state index contributed by atoms with van der Waals surface area (Å²) in [6, 6.07) is 8.21. The van der Waals surface area contributed by atoms with Crippen molar-refractivity contribution in [2.24, 2.45) is 0 Å². The third-order valence-corrected chi connectivity index (χ3v) is 3.13. The van der Waals surface area contributed by atoms with Crippen LogP contribution in [0.4, 0.5) is 0 Å². The van der Waals surface area contributed by atoms with Crippen LogP contribution in [-0.2, 0) is 0 Å². The van der Waals surface area contributed by atoms with Gasteiger partial charge in [-0.25, -0.2) is 0 Å². The fourth-order valence-electron chi connectivity index (χ4n) is 2.18. The molecule has 0 bridgehead atoms. The standard InChI is InChI=1S/C16H17NO/c1-10-5-7-14(8-6-10)16-12(3)15(13(4)18)11(2)9-17-16/h5-9,18H,4H2,1-3H3. The van der Waals surface area contributed by atoms with Gasteiger partial charge in [-0.2, -0.15) is 0 Å². The predicted molar refractivity (Wildman–Crippen MR) is 75.5 cm³/mol. The number of aromatic nitrogens is 1. The summed E-state index contributed by atoms with van der Waals surface area (Å²) in [5, 5.41) is 9.68. The third-order valence-electron chi connectivity index (χ3n) is 3.13. The van der Waals surface area contributed by atoms with Crippen LogP contribution in [0, 0.1) is 20.8 Å². The molecule has 0 amide bonds. The Morgan fingerprint density at radius 2 is 1.72 bits per heavy atom. The Kier molecular flexibility index (Phi) is 3.19. The molecule has 92 valence electrons. The Bertz CT molecular complexity index is 597. The second kappa shape index (κ2) is 4.65. The molecule has 0 radical (unpaired) electrons. The first-order valence-corrected chi connectivity index (χ1v) is 5.92. The first-order chi connectivity index (χ1) is 8.50. The van der Waals surface area contributed by atoms with E-state index < -0.39 is 0 Å². The molecule has 0 spiro atoms. The molecule has 1 aromatic carbocycles. The summed E-state index contributed by atoms with van der Waals surface area (Å²) < 4.78 is 0. The van der Waals surface area contributed by atoms with E-state index in [1.165, 1.54) is 5.56 Å². The molecule has 0 aliphatic rings. The highest BCUT2D eigenvalue weighted by molar-refractivity contribution is 5.72. The van der Waals surface area contributed by atoms with Gasteiger partial charge in [0.25, 0.3) is 0 Å². The van der Waals surface area contributed by atoms with Gasteiger partial charge >= 0.3 is 0 Å². The Hall–Kier alpha value is -2.09. The first-order valence-electron chi connectivity index (χ1n) is 5.92. The Morgan fingerprint density at radius 3 is 2.28 bits per heavy atom. The van der Waals surface area contributed by atoms with Gasteiger partial charge in [0.1, 0.15) is 5.76 Å². The minimum atomic E-state index is 0.0979. The minimum absolute atomic E-state index is 0.0979. The highest BCUT2D eigenvalue weighted by atomic mass is 16.3. The summed E-state index contributed by atoms with van der Waals surface area (Å²) in [5.41, 5.74) is 5.87. The van der Waals surface area contributed by atoms with Crippen LogP contribution in [-0.4, -0.2) is 10.1 Å². The van der Waals surface area contributed by atoms with Gasteiger partial charge in [0.2, 0.25) is 0 Å². The van der Waals surface area contributed by atoms with Gasteiger partial charge in [0, 0.05) is 17.3 Å². The van der Waals surface area contributed by atoms with Crippen LogP contribution in [0.3, 0.4) is 0 Å². The average molecular weight is 239 g/mol. The average Bonchev–Trinajstić information content (AvgIpc) is 2.30. The topological polar surface area (TPSA) is 33.1 Å². The SMILES string of the molecule is C=C(O)c1c(C)cnc(-c2ccc(C)cc2)c1C. The summed E-state index contributed by atoms with van der Waals surface area (Å²) in [5.74, 6) is 0.0979. The summed E-state index contributed by atoms with van der Waals surface area (Å²) >= 11 is 0. The van der Waals surface area contributed by atoms with Crippen molar-refractivity contribution >= 4 is 5.76 Å². The van der Waals surface area contributed by atoms with Crippen molar-refractivity contribution < 1.29 is 5.11 Å². The molecule has 2 heteroatoms. The van der Waals surface area contributed by atoms with Gasteiger partial charge in [-0.3, -0.25) is 4.98 Å². The minimum Gasteiger partial charge on any atom is -0.508 e. The van der Waals surface area contributed by atoms with E-state index in [1.807, 2.05) is 26.0 Å². The molecule has 0 unspecified atom stereocenters. The molecule has 18 heavy (non-hydrogen) atoms. The predicted octanol–water partition coefficient (Wildman–Crippen LogP) is 4.20. The van der Waals surface area contributed by atoms with Gasteiger partial charge < -0.3 is 5.11 Å². The molecule has 2 aromatic rings. The smallest absolute Gasteiger partial charge is 0.116 e. The molecule has 2 rings (SSSR count). The maximum atomic E-state index is 9.68. The highest BCUT2D eigenvalue weighted by Crippen LogP contribution is 2.28. The van der Waals surface area contributed by atoms with E-state index in [1.54, 1.807) is 6.20 Å². The number of aryl methyl sites for hydroxylation is 2. The number of aliphatic hydroxyl groups excluding tert-OH is 1. The second-order valence-corrected chi connectivity index (χ2v) is 4.60. The largest absolute Gasteiger partial charge is 0.508 e. The molecule has 0 aliphatic heterocycles. The maximum absolute atomic E-state index is 9.68. The molecule has 0 saturated heterocycles. The molecule has 1 heterocycles. The van der Waals surface area contributed by atoms with Crippen LogP contribution in [0.5, 0.6) is 0 Å². The number of aliphatic hydroxyl groups is 1. The van der Waals surface area contributed by atoms with E-state index in [0.717, 1.165) is 27.9 Å². The number of benzene rings is 1. The Morgan fingerprint density at radius 1 is 1.11 bits per heavy atom. The van der Waals surface area contributed by atoms with Crippen molar-refractivity contribution in [3.05, 3.63) is 59.3 Å². The van der Waals surface area contributed by atoms with E-state index in [2.05, 4.69) is 30.6 Å². The zero-order chi connectivity index (χ0) is 13.3. The van der Waals surface area contributed by atoms with Gasteiger partial charge in [-0.15, -0.1) is 0 Å². The lowest BCUT2D eigenvalue weighted by molar-refractivity contribution is 0.512. The summed E-state index contributed by atoms with van der Waals surface area (Å²) in [6.45, 7) is 9.57. The quantitative estimate of drug-likeness (QED) is 0.797.